The van der Waals surface area contributed by atoms with E-state index in [1.165, 1.54) is 11.1 Å². The van der Waals surface area contributed by atoms with Crippen molar-refractivity contribution in [1.82, 2.24) is 19.9 Å². The normalized spacial score (nSPS) is 19.1. The van der Waals surface area contributed by atoms with Crippen molar-refractivity contribution in [2.24, 2.45) is 11.1 Å². The summed E-state index contributed by atoms with van der Waals surface area (Å²) < 4.78 is 5.35. The Hall–Kier alpha value is -3.45. The van der Waals surface area contributed by atoms with Gasteiger partial charge in [0.2, 0.25) is 5.95 Å². The van der Waals surface area contributed by atoms with Gasteiger partial charge in [-0.1, -0.05) is 43.0 Å². The summed E-state index contributed by atoms with van der Waals surface area (Å²) in [5, 5.41) is 0. The summed E-state index contributed by atoms with van der Waals surface area (Å²) >= 11 is 0. The number of nitrogens with zero attached hydrogens (tertiary/aromatic N) is 4. The average Bonchev–Trinajstić information content (AvgIpc) is 3.42. The van der Waals surface area contributed by atoms with Crippen LogP contribution in [-0.2, 0) is 11.2 Å². The predicted molar refractivity (Wildman–Crippen MR) is 147 cm³/mol. The fraction of sp³-hybridized carbons (Fsp3) is 0.414. The van der Waals surface area contributed by atoms with Gasteiger partial charge in [0.15, 0.2) is 11.3 Å². The summed E-state index contributed by atoms with van der Waals surface area (Å²) in [6, 6.07) is 8.79. The van der Waals surface area contributed by atoms with Gasteiger partial charge < -0.3 is 20.4 Å². The van der Waals surface area contributed by atoms with Crippen LogP contribution in [0.1, 0.15) is 56.5 Å². The molecule has 0 radical (unpaired) electrons. The SMILES string of the molecule is C=C/C=C(C)\C(=C/C)OCC.Cc1cnc2nc(N3CCC4(CC3)Cc3ccccc3[C@H]4N)[nH]c2n1. The number of allylic oxidation sites excluding steroid dienone is 4. The van der Waals surface area contributed by atoms with Gasteiger partial charge in [-0.25, -0.2) is 9.97 Å². The third-order valence-corrected chi connectivity index (χ3v) is 7.29. The van der Waals surface area contributed by atoms with Crippen LogP contribution in [0.15, 0.2) is 66.6 Å². The first kappa shape index (κ1) is 25.6. The van der Waals surface area contributed by atoms with E-state index in [1.54, 1.807) is 12.3 Å². The van der Waals surface area contributed by atoms with Crippen molar-refractivity contribution in [3.8, 4) is 0 Å². The molecule has 2 aromatic heterocycles. The van der Waals surface area contributed by atoms with E-state index >= 15 is 0 Å². The van der Waals surface area contributed by atoms with Crippen LogP contribution in [0.5, 0.6) is 0 Å². The lowest BCUT2D eigenvalue weighted by atomic mass is 9.73. The zero-order chi connectivity index (χ0) is 25.7. The molecule has 0 saturated carbocycles. The summed E-state index contributed by atoms with van der Waals surface area (Å²) in [7, 11) is 0. The third kappa shape index (κ3) is 5.21. The number of aromatic amines is 1. The van der Waals surface area contributed by atoms with Gasteiger partial charge in [-0.3, -0.25) is 0 Å². The second-order valence-corrected chi connectivity index (χ2v) is 9.62. The molecule has 36 heavy (non-hydrogen) atoms. The molecular formula is C29H38N6O. The Labute approximate surface area is 214 Å². The molecule has 3 heterocycles. The maximum absolute atomic E-state index is 6.66. The van der Waals surface area contributed by atoms with Gasteiger partial charge in [0, 0.05) is 19.1 Å². The van der Waals surface area contributed by atoms with Crippen LogP contribution in [0, 0.1) is 12.3 Å². The van der Waals surface area contributed by atoms with E-state index in [0.717, 1.165) is 61.0 Å². The number of H-pyrrole nitrogens is 1. The maximum atomic E-state index is 6.66. The van der Waals surface area contributed by atoms with Crippen molar-refractivity contribution in [3.63, 3.8) is 0 Å². The summed E-state index contributed by atoms with van der Waals surface area (Å²) in [4.78, 5) is 19.1. The highest BCUT2D eigenvalue weighted by atomic mass is 16.5. The van der Waals surface area contributed by atoms with E-state index in [0.29, 0.717) is 12.3 Å². The van der Waals surface area contributed by atoms with E-state index in [2.05, 4.69) is 55.7 Å². The topological polar surface area (TPSA) is 93.0 Å². The number of rotatable bonds is 5. The van der Waals surface area contributed by atoms with E-state index in [9.17, 15) is 0 Å². The third-order valence-electron chi connectivity index (χ3n) is 7.29. The van der Waals surface area contributed by atoms with Gasteiger partial charge in [0.05, 0.1) is 18.5 Å². The van der Waals surface area contributed by atoms with Crippen molar-refractivity contribution >= 4 is 17.2 Å². The zero-order valence-corrected chi connectivity index (χ0v) is 21.9. The molecule has 2 aliphatic rings. The largest absolute Gasteiger partial charge is 0.494 e. The number of aryl methyl sites for hydroxylation is 1. The van der Waals surface area contributed by atoms with Gasteiger partial charge in [0.1, 0.15) is 5.76 Å². The maximum Gasteiger partial charge on any atom is 0.206 e. The minimum atomic E-state index is 0.146. The molecule has 5 rings (SSSR count). The number of nitrogens with one attached hydrogen (secondary N) is 1. The number of imidazole rings is 1. The molecule has 3 N–H and O–H groups in total. The van der Waals surface area contributed by atoms with Gasteiger partial charge in [-0.05, 0) is 75.1 Å². The van der Waals surface area contributed by atoms with Crippen LogP contribution < -0.4 is 10.6 Å². The lowest BCUT2D eigenvalue weighted by molar-refractivity contribution is 0.187. The van der Waals surface area contributed by atoms with Crippen LogP contribution in [0.25, 0.3) is 11.3 Å². The Balaban J connectivity index is 0.000000237. The standard InChI is InChI=1S/C19H22N6.C10H16O/c1-12-11-21-16-17(22-12)24-18(23-16)25-8-6-19(7-9-25)10-13-4-2-3-5-14(13)15(19)20;1-5-8-9(4)10(6-2)11-7-3/h2-5,11,15H,6-10,20H2,1H3,(H,21,22,23,24);5-6,8H,1,7H2,2-4H3/b;9-8-,10-6+/t15-;/m1./s1. The lowest BCUT2D eigenvalue weighted by Crippen LogP contribution is -2.44. The van der Waals surface area contributed by atoms with Crippen LogP contribution >= 0.6 is 0 Å². The Morgan fingerprint density at radius 3 is 2.69 bits per heavy atom. The summed E-state index contributed by atoms with van der Waals surface area (Å²) in [5.74, 6) is 1.81. The Morgan fingerprint density at radius 2 is 2.03 bits per heavy atom. The summed E-state index contributed by atoms with van der Waals surface area (Å²) in [6.07, 6.45) is 10.7. The van der Waals surface area contributed by atoms with Crippen LogP contribution in [0.4, 0.5) is 5.95 Å². The van der Waals surface area contributed by atoms with Crippen molar-refractivity contribution < 1.29 is 4.74 Å². The molecule has 1 saturated heterocycles. The summed E-state index contributed by atoms with van der Waals surface area (Å²) in [6.45, 7) is 14.1. The fourth-order valence-corrected chi connectivity index (χ4v) is 5.33. The first-order valence-electron chi connectivity index (χ1n) is 12.8. The van der Waals surface area contributed by atoms with Gasteiger partial charge >= 0.3 is 0 Å². The Bertz CT molecular complexity index is 1270. The molecule has 0 amide bonds. The van der Waals surface area contributed by atoms with Crippen molar-refractivity contribution in [2.45, 2.75) is 53.0 Å². The van der Waals surface area contributed by atoms with Gasteiger partial charge in [-0.15, -0.1) is 0 Å². The number of fused-ring (bicyclic) bond motifs is 2. The van der Waals surface area contributed by atoms with E-state index in [4.69, 9.17) is 10.5 Å². The number of aromatic nitrogens is 4. The van der Waals surface area contributed by atoms with Crippen molar-refractivity contribution in [2.75, 3.05) is 24.6 Å². The molecule has 7 heteroatoms. The molecule has 1 aliphatic carbocycles. The number of hydrogen-bond donors (Lipinski definition) is 2. The molecule has 3 aromatic rings. The highest BCUT2D eigenvalue weighted by molar-refractivity contribution is 5.69. The first-order valence-corrected chi connectivity index (χ1v) is 12.8. The minimum absolute atomic E-state index is 0.146. The summed E-state index contributed by atoms with van der Waals surface area (Å²) in [5.41, 5.74) is 13.1. The van der Waals surface area contributed by atoms with E-state index in [1.807, 2.05) is 39.8 Å². The van der Waals surface area contributed by atoms with Gasteiger partial charge in [0.25, 0.3) is 0 Å². The number of nitrogens with two attached hydrogens (primary N) is 1. The molecule has 1 spiro atoms. The van der Waals surface area contributed by atoms with Crippen LogP contribution in [-0.4, -0.2) is 39.6 Å². The number of benzene rings is 1. The van der Waals surface area contributed by atoms with Crippen LogP contribution in [0.3, 0.4) is 0 Å². The van der Waals surface area contributed by atoms with Crippen LogP contribution in [0.2, 0.25) is 0 Å². The second kappa shape index (κ2) is 11.1. The lowest BCUT2D eigenvalue weighted by Gasteiger charge is -2.42. The number of hydrogen-bond acceptors (Lipinski definition) is 6. The quantitative estimate of drug-likeness (QED) is 0.362. The zero-order valence-electron chi connectivity index (χ0n) is 21.9. The number of piperidine rings is 1. The molecule has 0 bridgehead atoms. The fourth-order valence-electron chi connectivity index (χ4n) is 5.33. The van der Waals surface area contributed by atoms with Gasteiger partial charge in [-0.2, -0.15) is 4.98 Å². The van der Waals surface area contributed by atoms with Crippen molar-refractivity contribution in [1.29, 1.82) is 0 Å². The molecule has 1 fully saturated rings. The molecule has 7 nitrogen and oxygen atoms in total. The molecule has 1 atom stereocenters. The molecule has 1 aromatic carbocycles. The Morgan fingerprint density at radius 1 is 1.28 bits per heavy atom. The van der Waals surface area contributed by atoms with Crippen molar-refractivity contribution in [3.05, 3.63) is 83.4 Å². The number of ether oxygens (including phenoxy) is 1. The number of anilines is 1. The smallest absolute Gasteiger partial charge is 0.206 e. The molecule has 190 valence electrons. The average molecular weight is 487 g/mol. The molecule has 0 unspecified atom stereocenters. The second-order valence-electron chi connectivity index (χ2n) is 9.62. The van der Waals surface area contributed by atoms with E-state index < -0.39 is 0 Å². The highest BCUT2D eigenvalue weighted by Gasteiger charge is 2.46. The minimum Gasteiger partial charge on any atom is -0.494 e. The van der Waals surface area contributed by atoms with E-state index in [-0.39, 0.29) is 11.5 Å². The Kier molecular flexibility index (Phi) is 7.89. The highest BCUT2D eigenvalue weighted by Crippen LogP contribution is 2.50. The first-order chi connectivity index (χ1) is 17.4. The molecule has 1 aliphatic heterocycles. The monoisotopic (exact) mass is 486 g/mol. The predicted octanol–water partition coefficient (Wildman–Crippen LogP) is 5.56. The molecular weight excluding hydrogens is 448 g/mol.